The summed E-state index contributed by atoms with van der Waals surface area (Å²) in [7, 11) is 0. The van der Waals surface area contributed by atoms with Crippen LogP contribution in [0.3, 0.4) is 0 Å². The molecule has 23 heavy (non-hydrogen) atoms. The van der Waals surface area contributed by atoms with Gasteiger partial charge in [-0.05, 0) is 31.6 Å². The van der Waals surface area contributed by atoms with Gasteiger partial charge in [-0.25, -0.2) is 4.79 Å². The van der Waals surface area contributed by atoms with Crippen molar-refractivity contribution in [1.82, 2.24) is 0 Å². The maximum absolute atomic E-state index is 11.3. The summed E-state index contributed by atoms with van der Waals surface area (Å²) >= 11 is 0. The third-order valence-corrected chi connectivity index (χ3v) is 4.87. The topological polar surface area (TPSA) is 26.3 Å². The van der Waals surface area contributed by atoms with Gasteiger partial charge in [-0.1, -0.05) is 85.1 Å². The van der Waals surface area contributed by atoms with Gasteiger partial charge < -0.3 is 4.74 Å². The van der Waals surface area contributed by atoms with Crippen molar-refractivity contribution in [2.24, 2.45) is 11.8 Å². The van der Waals surface area contributed by atoms with E-state index in [0.29, 0.717) is 18.1 Å². The van der Waals surface area contributed by atoms with E-state index in [0.717, 1.165) is 18.8 Å². The molecule has 0 radical (unpaired) electrons. The quantitative estimate of drug-likeness (QED) is 0.190. The van der Waals surface area contributed by atoms with Gasteiger partial charge in [0.15, 0.2) is 0 Å². The van der Waals surface area contributed by atoms with E-state index in [1.807, 2.05) is 0 Å². The lowest BCUT2D eigenvalue weighted by Crippen LogP contribution is -2.11. The average molecular weight is 325 g/mol. The lowest BCUT2D eigenvalue weighted by Gasteiger charge is -2.19. The molecule has 0 aromatic heterocycles. The molecular formula is C21H40O2. The first kappa shape index (κ1) is 22.2. The Morgan fingerprint density at radius 1 is 0.870 bits per heavy atom. The SMILES string of the molecule is C=C(C)C(=O)OCCCC(C)C(C)CCCCCCCCCC. The van der Waals surface area contributed by atoms with E-state index in [-0.39, 0.29) is 5.97 Å². The van der Waals surface area contributed by atoms with Crippen molar-refractivity contribution in [3.63, 3.8) is 0 Å². The molecule has 0 N–H and O–H groups in total. The van der Waals surface area contributed by atoms with Crippen LogP contribution in [0.4, 0.5) is 0 Å². The molecule has 0 rings (SSSR count). The van der Waals surface area contributed by atoms with Crippen molar-refractivity contribution in [2.45, 2.75) is 98.3 Å². The van der Waals surface area contributed by atoms with Gasteiger partial charge in [0.05, 0.1) is 6.61 Å². The van der Waals surface area contributed by atoms with Crippen LogP contribution in [-0.2, 0) is 9.53 Å². The molecule has 0 amide bonds. The molecule has 136 valence electrons. The van der Waals surface area contributed by atoms with Crippen molar-refractivity contribution < 1.29 is 9.53 Å². The van der Waals surface area contributed by atoms with Crippen molar-refractivity contribution in [1.29, 1.82) is 0 Å². The Kier molecular flexibility index (Phi) is 14.3. The minimum atomic E-state index is -0.260. The zero-order chi connectivity index (χ0) is 17.5. The van der Waals surface area contributed by atoms with Crippen LogP contribution in [-0.4, -0.2) is 12.6 Å². The number of carbonyl (C=O) groups is 1. The second-order valence-corrected chi connectivity index (χ2v) is 7.28. The number of ether oxygens (including phenoxy) is 1. The van der Waals surface area contributed by atoms with Gasteiger partial charge in [-0.2, -0.15) is 0 Å². The summed E-state index contributed by atoms with van der Waals surface area (Å²) in [6, 6.07) is 0. The molecule has 0 aromatic rings. The van der Waals surface area contributed by atoms with Crippen LogP contribution in [0.1, 0.15) is 98.3 Å². The molecule has 0 saturated carbocycles. The van der Waals surface area contributed by atoms with Crippen molar-refractivity contribution in [2.75, 3.05) is 6.61 Å². The first-order valence-electron chi connectivity index (χ1n) is 9.81. The minimum absolute atomic E-state index is 0.260. The molecule has 0 spiro atoms. The van der Waals surface area contributed by atoms with E-state index in [4.69, 9.17) is 4.74 Å². The lowest BCUT2D eigenvalue weighted by molar-refractivity contribution is -0.139. The van der Waals surface area contributed by atoms with E-state index in [1.165, 1.54) is 57.8 Å². The molecule has 0 saturated heterocycles. The van der Waals surface area contributed by atoms with Crippen LogP contribution in [0.25, 0.3) is 0 Å². The van der Waals surface area contributed by atoms with Crippen molar-refractivity contribution in [3.05, 3.63) is 12.2 Å². The highest BCUT2D eigenvalue weighted by molar-refractivity contribution is 5.86. The summed E-state index contributed by atoms with van der Waals surface area (Å²) in [5.74, 6) is 1.22. The summed E-state index contributed by atoms with van der Waals surface area (Å²) in [5, 5.41) is 0. The molecule has 2 atom stereocenters. The van der Waals surface area contributed by atoms with Gasteiger partial charge in [0.1, 0.15) is 0 Å². The second-order valence-electron chi connectivity index (χ2n) is 7.28. The maximum atomic E-state index is 11.3. The van der Waals surface area contributed by atoms with E-state index < -0.39 is 0 Å². The number of hydrogen-bond donors (Lipinski definition) is 0. The minimum Gasteiger partial charge on any atom is -0.462 e. The highest BCUT2D eigenvalue weighted by Gasteiger charge is 2.12. The van der Waals surface area contributed by atoms with Gasteiger partial charge in [0.25, 0.3) is 0 Å². The summed E-state index contributed by atoms with van der Waals surface area (Å²) < 4.78 is 5.15. The van der Waals surface area contributed by atoms with Gasteiger partial charge in [0.2, 0.25) is 0 Å². The lowest BCUT2D eigenvalue weighted by atomic mass is 9.87. The summed E-state index contributed by atoms with van der Waals surface area (Å²) in [6.45, 7) is 12.8. The average Bonchev–Trinajstić information content (AvgIpc) is 2.53. The maximum Gasteiger partial charge on any atom is 0.333 e. The largest absolute Gasteiger partial charge is 0.462 e. The van der Waals surface area contributed by atoms with E-state index in [2.05, 4.69) is 27.4 Å². The Morgan fingerprint density at radius 3 is 1.87 bits per heavy atom. The Labute approximate surface area is 145 Å². The Morgan fingerprint density at radius 2 is 1.35 bits per heavy atom. The fraction of sp³-hybridized carbons (Fsp3) is 0.857. The molecule has 2 unspecified atom stereocenters. The van der Waals surface area contributed by atoms with Gasteiger partial charge in [0, 0.05) is 5.57 Å². The fourth-order valence-electron chi connectivity index (χ4n) is 2.86. The molecule has 2 heteroatoms. The highest BCUT2D eigenvalue weighted by atomic mass is 16.5. The molecular weight excluding hydrogens is 284 g/mol. The predicted molar refractivity (Wildman–Crippen MR) is 101 cm³/mol. The fourth-order valence-corrected chi connectivity index (χ4v) is 2.86. The zero-order valence-electron chi connectivity index (χ0n) is 16.2. The van der Waals surface area contributed by atoms with Crippen LogP contribution in [0.15, 0.2) is 12.2 Å². The third kappa shape index (κ3) is 13.4. The Hall–Kier alpha value is -0.790. The highest BCUT2D eigenvalue weighted by Crippen LogP contribution is 2.23. The molecule has 0 bridgehead atoms. The number of unbranched alkanes of at least 4 members (excludes halogenated alkanes) is 7. The van der Waals surface area contributed by atoms with Crippen molar-refractivity contribution in [3.8, 4) is 0 Å². The molecule has 0 aliphatic heterocycles. The van der Waals surface area contributed by atoms with Crippen LogP contribution in [0, 0.1) is 11.8 Å². The van der Waals surface area contributed by atoms with Crippen LogP contribution < -0.4 is 0 Å². The van der Waals surface area contributed by atoms with Crippen molar-refractivity contribution >= 4 is 5.97 Å². The Balaban J connectivity index is 3.50. The Bertz CT molecular complexity index is 309. The predicted octanol–water partition coefficient (Wildman–Crippen LogP) is 6.69. The van der Waals surface area contributed by atoms with Crippen LogP contribution in [0.2, 0.25) is 0 Å². The molecule has 0 aliphatic carbocycles. The van der Waals surface area contributed by atoms with E-state index in [9.17, 15) is 4.79 Å². The molecule has 0 aromatic carbocycles. The van der Waals surface area contributed by atoms with Gasteiger partial charge >= 0.3 is 5.97 Å². The first-order valence-corrected chi connectivity index (χ1v) is 9.81. The summed E-state index contributed by atoms with van der Waals surface area (Å²) in [4.78, 5) is 11.3. The number of carbonyl (C=O) groups excluding carboxylic acids is 1. The third-order valence-electron chi connectivity index (χ3n) is 4.87. The normalized spacial score (nSPS) is 13.6. The van der Waals surface area contributed by atoms with Crippen LogP contribution in [0.5, 0.6) is 0 Å². The zero-order valence-corrected chi connectivity index (χ0v) is 16.2. The number of rotatable bonds is 15. The molecule has 0 heterocycles. The summed E-state index contributed by atoms with van der Waals surface area (Å²) in [5.41, 5.74) is 0.487. The van der Waals surface area contributed by atoms with E-state index in [1.54, 1.807) is 6.92 Å². The second kappa shape index (κ2) is 14.8. The first-order chi connectivity index (χ1) is 11.0. The van der Waals surface area contributed by atoms with Gasteiger partial charge in [-0.15, -0.1) is 0 Å². The molecule has 0 aliphatic rings. The standard InChI is InChI=1S/C21H40O2/c1-6-7-8-9-10-11-12-13-15-19(4)20(5)16-14-17-23-21(22)18(2)3/h19-20H,2,6-17H2,1,3-5H3. The summed E-state index contributed by atoms with van der Waals surface area (Å²) in [6.07, 6.45) is 14.6. The van der Waals surface area contributed by atoms with E-state index >= 15 is 0 Å². The van der Waals surface area contributed by atoms with Gasteiger partial charge in [-0.3, -0.25) is 0 Å². The number of esters is 1. The smallest absolute Gasteiger partial charge is 0.333 e. The molecule has 2 nitrogen and oxygen atoms in total. The monoisotopic (exact) mass is 324 g/mol. The number of hydrogen-bond acceptors (Lipinski definition) is 2. The molecule has 0 fully saturated rings. The van der Waals surface area contributed by atoms with Crippen LogP contribution >= 0.6 is 0 Å².